The molecule has 0 aliphatic heterocycles. The molecule has 0 atom stereocenters. The number of hydrogen-bond acceptors (Lipinski definition) is 3. The lowest BCUT2D eigenvalue weighted by atomic mass is 10.2. The highest BCUT2D eigenvalue weighted by Gasteiger charge is 2.05. The van der Waals surface area contributed by atoms with Crippen molar-refractivity contribution in [2.45, 2.75) is 0 Å². The summed E-state index contributed by atoms with van der Waals surface area (Å²) in [5.41, 5.74) is 1.00. The number of ether oxygens (including phenoxy) is 1. The number of rotatable bonds is 2. The minimum atomic E-state index is 0.591. The van der Waals surface area contributed by atoms with Gasteiger partial charge < -0.3 is 9.30 Å². The SMILES string of the molecule is COc1ccc2c(c1)cc(N=C=O)n2C. The number of fused-ring (bicyclic) bond motifs is 1. The van der Waals surface area contributed by atoms with Crippen molar-refractivity contribution in [2.75, 3.05) is 7.11 Å². The molecule has 0 radical (unpaired) electrons. The average molecular weight is 202 g/mol. The molecule has 2 aromatic rings. The summed E-state index contributed by atoms with van der Waals surface area (Å²) in [5, 5.41) is 0.992. The van der Waals surface area contributed by atoms with Gasteiger partial charge in [-0.15, -0.1) is 4.99 Å². The molecule has 1 aromatic carbocycles. The number of methoxy groups -OCH3 is 1. The van der Waals surface area contributed by atoms with Gasteiger partial charge in [0.2, 0.25) is 6.08 Å². The minimum Gasteiger partial charge on any atom is -0.497 e. The van der Waals surface area contributed by atoms with E-state index in [1.807, 2.05) is 35.9 Å². The highest BCUT2D eigenvalue weighted by atomic mass is 16.5. The predicted octanol–water partition coefficient (Wildman–Crippen LogP) is 2.15. The molecular weight excluding hydrogens is 192 g/mol. The van der Waals surface area contributed by atoms with Crippen molar-refractivity contribution in [3.63, 3.8) is 0 Å². The molecule has 0 spiro atoms. The lowest BCUT2D eigenvalue weighted by molar-refractivity contribution is 0.415. The normalized spacial score (nSPS) is 10.0. The highest BCUT2D eigenvalue weighted by molar-refractivity contribution is 5.85. The van der Waals surface area contributed by atoms with Gasteiger partial charge in [-0.05, 0) is 24.3 Å². The molecule has 1 aromatic heterocycles. The Balaban J connectivity index is 2.70. The molecule has 0 unspecified atom stereocenters. The molecule has 0 saturated carbocycles. The monoisotopic (exact) mass is 202 g/mol. The van der Waals surface area contributed by atoms with E-state index in [1.54, 1.807) is 7.11 Å². The largest absolute Gasteiger partial charge is 0.497 e. The summed E-state index contributed by atoms with van der Waals surface area (Å²) < 4.78 is 6.95. The fourth-order valence-electron chi connectivity index (χ4n) is 1.59. The van der Waals surface area contributed by atoms with E-state index >= 15 is 0 Å². The fraction of sp³-hybridized carbons (Fsp3) is 0.182. The van der Waals surface area contributed by atoms with E-state index in [0.29, 0.717) is 5.82 Å². The average Bonchev–Trinajstić information content (AvgIpc) is 2.56. The maximum Gasteiger partial charge on any atom is 0.242 e. The van der Waals surface area contributed by atoms with E-state index in [1.165, 1.54) is 6.08 Å². The summed E-state index contributed by atoms with van der Waals surface area (Å²) in [5.74, 6) is 1.38. The number of aryl methyl sites for hydroxylation is 1. The first-order chi connectivity index (χ1) is 7.26. The van der Waals surface area contributed by atoms with Gasteiger partial charge in [0, 0.05) is 18.0 Å². The van der Waals surface area contributed by atoms with E-state index in [4.69, 9.17) is 4.74 Å². The van der Waals surface area contributed by atoms with Crippen molar-refractivity contribution in [1.29, 1.82) is 0 Å². The Hall–Kier alpha value is -2.06. The molecule has 0 aliphatic rings. The molecule has 0 bridgehead atoms. The zero-order valence-corrected chi connectivity index (χ0v) is 8.52. The van der Waals surface area contributed by atoms with Gasteiger partial charge in [0.05, 0.1) is 7.11 Å². The lowest BCUT2D eigenvalue weighted by Crippen LogP contribution is -1.86. The maximum atomic E-state index is 10.2. The van der Waals surface area contributed by atoms with Gasteiger partial charge in [0.25, 0.3) is 0 Å². The van der Waals surface area contributed by atoms with Crippen molar-refractivity contribution < 1.29 is 9.53 Å². The topological polar surface area (TPSA) is 43.6 Å². The van der Waals surface area contributed by atoms with E-state index < -0.39 is 0 Å². The van der Waals surface area contributed by atoms with Crippen LogP contribution in [0.25, 0.3) is 10.9 Å². The van der Waals surface area contributed by atoms with Crippen LogP contribution in [0, 0.1) is 0 Å². The summed E-state index contributed by atoms with van der Waals surface area (Å²) in [4.78, 5) is 13.8. The molecule has 4 heteroatoms. The lowest BCUT2D eigenvalue weighted by Gasteiger charge is -2.00. The van der Waals surface area contributed by atoms with E-state index in [2.05, 4.69) is 4.99 Å². The minimum absolute atomic E-state index is 0.591. The van der Waals surface area contributed by atoms with Crippen LogP contribution in [0.2, 0.25) is 0 Å². The Morgan fingerprint density at radius 3 is 2.87 bits per heavy atom. The molecule has 0 amide bonds. The van der Waals surface area contributed by atoms with Gasteiger partial charge >= 0.3 is 0 Å². The van der Waals surface area contributed by atoms with Crippen molar-refractivity contribution in [3.05, 3.63) is 24.3 Å². The molecule has 15 heavy (non-hydrogen) atoms. The number of carbonyl (C=O) groups excluding carboxylic acids is 1. The van der Waals surface area contributed by atoms with Crippen LogP contribution in [-0.2, 0) is 11.8 Å². The molecule has 0 N–H and O–H groups in total. The van der Waals surface area contributed by atoms with Crippen LogP contribution in [0.5, 0.6) is 5.75 Å². The fourth-order valence-corrected chi connectivity index (χ4v) is 1.59. The third-order valence-corrected chi connectivity index (χ3v) is 2.38. The van der Waals surface area contributed by atoms with E-state index in [9.17, 15) is 4.79 Å². The first kappa shape index (κ1) is 9.49. The van der Waals surface area contributed by atoms with Gasteiger partial charge in [-0.2, -0.15) is 0 Å². The summed E-state index contributed by atoms with van der Waals surface area (Å²) in [6.07, 6.45) is 1.54. The zero-order valence-electron chi connectivity index (χ0n) is 8.52. The first-order valence-electron chi connectivity index (χ1n) is 4.47. The molecule has 0 saturated heterocycles. The zero-order chi connectivity index (χ0) is 10.8. The third kappa shape index (κ3) is 1.51. The number of hydrogen-bond donors (Lipinski definition) is 0. The Kier molecular flexibility index (Phi) is 2.27. The molecule has 2 rings (SSSR count). The van der Waals surface area contributed by atoms with Crippen LogP contribution >= 0.6 is 0 Å². The highest BCUT2D eigenvalue weighted by Crippen LogP contribution is 2.27. The molecule has 4 nitrogen and oxygen atoms in total. The molecular formula is C11H10N2O2. The number of isocyanates is 1. The van der Waals surface area contributed by atoms with Crippen molar-refractivity contribution in [1.82, 2.24) is 4.57 Å². The van der Waals surface area contributed by atoms with Gasteiger partial charge in [-0.1, -0.05) is 0 Å². The Morgan fingerprint density at radius 1 is 1.40 bits per heavy atom. The maximum absolute atomic E-state index is 10.2. The second-order valence-corrected chi connectivity index (χ2v) is 3.19. The van der Waals surface area contributed by atoms with Crippen LogP contribution in [0.15, 0.2) is 29.3 Å². The van der Waals surface area contributed by atoms with Gasteiger partial charge in [0.1, 0.15) is 11.6 Å². The third-order valence-electron chi connectivity index (χ3n) is 2.38. The number of benzene rings is 1. The van der Waals surface area contributed by atoms with Crippen molar-refractivity contribution in [3.8, 4) is 5.75 Å². The molecule has 76 valence electrons. The van der Waals surface area contributed by atoms with Crippen molar-refractivity contribution >= 4 is 22.8 Å². The molecule has 0 fully saturated rings. The van der Waals surface area contributed by atoms with Gasteiger partial charge in [-0.25, -0.2) is 4.79 Å². The first-order valence-corrected chi connectivity index (χ1v) is 4.47. The number of nitrogens with zero attached hydrogens (tertiary/aromatic N) is 2. The Morgan fingerprint density at radius 2 is 2.20 bits per heavy atom. The second-order valence-electron chi connectivity index (χ2n) is 3.19. The summed E-state index contributed by atoms with van der Waals surface area (Å²) in [6.45, 7) is 0. The number of aromatic nitrogens is 1. The van der Waals surface area contributed by atoms with E-state index in [-0.39, 0.29) is 0 Å². The molecule has 0 aliphatic carbocycles. The Bertz CT molecular complexity index is 551. The van der Waals surface area contributed by atoms with E-state index in [0.717, 1.165) is 16.7 Å². The molecule has 1 heterocycles. The number of aliphatic imine (C=N–C) groups is 1. The van der Waals surface area contributed by atoms with Crippen LogP contribution < -0.4 is 4.74 Å². The van der Waals surface area contributed by atoms with Crippen LogP contribution in [0.1, 0.15) is 0 Å². The smallest absolute Gasteiger partial charge is 0.242 e. The Labute approximate surface area is 86.8 Å². The quantitative estimate of drug-likeness (QED) is 0.553. The van der Waals surface area contributed by atoms with Crippen molar-refractivity contribution in [2.24, 2.45) is 12.0 Å². The van der Waals surface area contributed by atoms with Gasteiger partial charge in [-0.3, -0.25) is 0 Å². The summed E-state index contributed by atoms with van der Waals surface area (Å²) >= 11 is 0. The van der Waals surface area contributed by atoms with Crippen LogP contribution in [-0.4, -0.2) is 17.8 Å². The second kappa shape index (κ2) is 3.59. The summed E-state index contributed by atoms with van der Waals surface area (Å²) in [6, 6.07) is 7.52. The van der Waals surface area contributed by atoms with Gasteiger partial charge in [0.15, 0.2) is 0 Å². The van der Waals surface area contributed by atoms with Crippen LogP contribution in [0.3, 0.4) is 0 Å². The summed E-state index contributed by atoms with van der Waals surface area (Å²) in [7, 11) is 3.47. The predicted molar refractivity (Wildman–Crippen MR) is 57.3 cm³/mol. The standard InChI is InChI=1S/C11H10N2O2/c1-13-10-4-3-9(15-2)5-8(10)6-11(13)12-7-14/h3-6H,1-2H3. The van der Waals surface area contributed by atoms with Crippen LogP contribution in [0.4, 0.5) is 5.82 Å².